The molecule has 0 amide bonds. The number of azo groups is 1. The minimum atomic E-state index is 0.248. The second-order valence-corrected chi connectivity index (χ2v) is 16.1. The zero-order chi connectivity index (χ0) is 30.2. The number of thiophene rings is 2. The number of benzene rings is 1. The molecule has 0 spiro atoms. The molecule has 40 heavy (non-hydrogen) atoms. The molecule has 2 aromatic heterocycles. The van der Waals surface area contributed by atoms with Crippen LogP contribution in [0.5, 0.6) is 0 Å². The molecule has 1 aromatic carbocycles. The molecule has 0 bridgehead atoms. The lowest BCUT2D eigenvalue weighted by atomic mass is 9.86. The minimum absolute atomic E-state index is 0.248. The molecule has 3 aromatic rings. The van der Waals surface area contributed by atoms with E-state index in [0.717, 1.165) is 18.7 Å². The molecule has 0 N–H and O–H groups in total. The number of rotatable bonds is 0. The number of nitrogens with zero attached hydrogens (tertiary/aromatic N) is 3. The highest BCUT2D eigenvalue weighted by atomic mass is 32.1. The standard InChI is InChI=1S/C12H15N.2C8H12S.C7H12N2/c1-12(2,3)10-4-5-11-9(8-10)6-7-13-11;1-8(2,3)7-4-5-9-6-7;1-8(2,3)7-5-4-6-9-7;1-7(2,3)6-4-8-9-5-6/h4-5,7-8H,6H2,1-3H3;2*4-6H,1-3H3;4H,5H2,1-3H3. The summed E-state index contributed by atoms with van der Waals surface area (Å²) < 4.78 is 0. The van der Waals surface area contributed by atoms with Crippen LogP contribution in [0.25, 0.3) is 0 Å². The third-order valence-corrected chi connectivity index (χ3v) is 8.61. The van der Waals surface area contributed by atoms with Crippen molar-refractivity contribution in [2.75, 3.05) is 6.54 Å². The molecule has 2 aliphatic heterocycles. The van der Waals surface area contributed by atoms with Crippen LogP contribution in [0.15, 0.2) is 79.5 Å². The van der Waals surface area contributed by atoms with Crippen LogP contribution in [0, 0.1) is 5.41 Å². The van der Waals surface area contributed by atoms with Gasteiger partial charge in [0.05, 0.1) is 18.4 Å². The van der Waals surface area contributed by atoms with Gasteiger partial charge < -0.3 is 0 Å². The summed E-state index contributed by atoms with van der Waals surface area (Å²) in [4.78, 5) is 5.76. The molecule has 0 radical (unpaired) electrons. The van der Waals surface area contributed by atoms with Gasteiger partial charge in [0, 0.05) is 17.5 Å². The van der Waals surface area contributed by atoms with Crippen LogP contribution in [0.2, 0.25) is 0 Å². The van der Waals surface area contributed by atoms with E-state index < -0.39 is 0 Å². The smallest absolute Gasteiger partial charge is 0.0837 e. The largest absolute Gasteiger partial charge is 0.261 e. The Labute approximate surface area is 252 Å². The summed E-state index contributed by atoms with van der Waals surface area (Å²) in [5.41, 5.74) is 7.85. The second-order valence-electron chi connectivity index (χ2n) is 14.4. The van der Waals surface area contributed by atoms with Gasteiger partial charge in [0.1, 0.15) is 0 Å². The summed E-state index contributed by atoms with van der Waals surface area (Å²) in [6, 6.07) is 13.1. The summed E-state index contributed by atoms with van der Waals surface area (Å²) in [6.45, 7) is 27.4. The van der Waals surface area contributed by atoms with Crippen molar-refractivity contribution >= 4 is 34.6 Å². The molecule has 5 heteroatoms. The van der Waals surface area contributed by atoms with Crippen LogP contribution in [-0.4, -0.2) is 12.8 Å². The number of aliphatic imine (C=N–C) groups is 1. The van der Waals surface area contributed by atoms with Crippen molar-refractivity contribution in [3.63, 3.8) is 0 Å². The van der Waals surface area contributed by atoms with E-state index >= 15 is 0 Å². The third-order valence-electron chi connectivity index (χ3n) is 6.63. The molecule has 0 aliphatic carbocycles. The number of hydrogen-bond acceptors (Lipinski definition) is 5. The molecule has 0 saturated heterocycles. The minimum Gasteiger partial charge on any atom is -0.261 e. The Hall–Kier alpha value is -2.37. The van der Waals surface area contributed by atoms with Gasteiger partial charge in [-0.1, -0.05) is 101 Å². The molecular weight excluding hydrogens is 527 g/mol. The van der Waals surface area contributed by atoms with Gasteiger partial charge in [0.25, 0.3) is 0 Å². The number of fused-ring (bicyclic) bond motifs is 1. The van der Waals surface area contributed by atoms with Gasteiger partial charge in [0.15, 0.2) is 0 Å². The van der Waals surface area contributed by atoms with Gasteiger partial charge in [0.2, 0.25) is 0 Å². The Morgan fingerprint density at radius 3 is 1.75 bits per heavy atom. The Bertz CT molecular complexity index is 1210. The van der Waals surface area contributed by atoms with Crippen molar-refractivity contribution in [3.8, 4) is 0 Å². The van der Waals surface area contributed by atoms with Crippen molar-refractivity contribution in [2.24, 2.45) is 20.6 Å². The number of hydrogen-bond donors (Lipinski definition) is 0. The van der Waals surface area contributed by atoms with E-state index in [1.807, 2.05) is 23.8 Å². The summed E-state index contributed by atoms with van der Waals surface area (Å²) in [6.07, 6.45) is 4.84. The van der Waals surface area contributed by atoms with E-state index in [-0.39, 0.29) is 10.8 Å². The van der Waals surface area contributed by atoms with Crippen molar-refractivity contribution in [3.05, 3.63) is 85.9 Å². The van der Waals surface area contributed by atoms with Crippen LogP contribution in [0.4, 0.5) is 5.69 Å². The zero-order valence-corrected chi connectivity index (χ0v) is 28.6. The van der Waals surface area contributed by atoms with Crippen LogP contribution in [-0.2, 0) is 22.7 Å². The summed E-state index contributed by atoms with van der Waals surface area (Å²) in [5, 5.41) is 14.1. The quantitative estimate of drug-likeness (QED) is 0.255. The van der Waals surface area contributed by atoms with Gasteiger partial charge in [-0.25, -0.2) is 0 Å². The van der Waals surface area contributed by atoms with Crippen LogP contribution in [0.1, 0.15) is 105 Å². The predicted molar refractivity (Wildman–Crippen MR) is 180 cm³/mol. The molecule has 0 atom stereocenters. The van der Waals surface area contributed by atoms with E-state index in [9.17, 15) is 0 Å². The Kier molecular flexibility index (Phi) is 11.8. The maximum atomic E-state index is 4.30. The molecule has 218 valence electrons. The normalized spacial score (nSPS) is 14.2. The molecule has 2 aliphatic rings. The lowest BCUT2D eigenvalue weighted by molar-refractivity contribution is 0.499. The first-order valence-electron chi connectivity index (χ1n) is 14.2. The fourth-order valence-corrected chi connectivity index (χ4v) is 5.38. The average Bonchev–Trinajstić information content (AvgIpc) is 3.65. The lowest BCUT2D eigenvalue weighted by Gasteiger charge is -2.19. The lowest BCUT2D eigenvalue weighted by Crippen LogP contribution is -2.10. The molecular formula is C35H51N3S2. The molecule has 3 nitrogen and oxygen atoms in total. The first kappa shape index (κ1) is 33.8. The highest BCUT2D eigenvalue weighted by Crippen LogP contribution is 2.31. The topological polar surface area (TPSA) is 37.1 Å². The van der Waals surface area contributed by atoms with Crippen molar-refractivity contribution < 1.29 is 0 Å². The van der Waals surface area contributed by atoms with Gasteiger partial charge >= 0.3 is 0 Å². The van der Waals surface area contributed by atoms with Gasteiger partial charge in [-0.2, -0.15) is 21.6 Å². The first-order chi connectivity index (χ1) is 18.4. The molecule has 4 heterocycles. The van der Waals surface area contributed by atoms with E-state index in [1.165, 1.54) is 27.1 Å². The summed E-state index contributed by atoms with van der Waals surface area (Å²) >= 11 is 3.60. The van der Waals surface area contributed by atoms with Crippen molar-refractivity contribution in [1.82, 2.24) is 0 Å². The predicted octanol–water partition coefficient (Wildman–Crippen LogP) is 11.7. The molecule has 0 fully saturated rings. The second kappa shape index (κ2) is 14.0. The zero-order valence-electron chi connectivity index (χ0n) is 26.9. The Balaban J connectivity index is 0.000000190. The first-order valence-corrected chi connectivity index (χ1v) is 16.0. The van der Waals surface area contributed by atoms with Gasteiger partial charge in [-0.15, -0.1) is 11.3 Å². The Morgan fingerprint density at radius 2 is 1.38 bits per heavy atom. The fraction of sp³-hybridized carbons (Fsp3) is 0.514. The highest BCUT2D eigenvalue weighted by Gasteiger charge is 2.18. The van der Waals surface area contributed by atoms with E-state index in [1.54, 1.807) is 11.3 Å². The molecule has 0 saturated carbocycles. The SMILES string of the molecule is CC(C)(C)C1=CN=NC1.CC(C)(C)c1ccc2c(c1)CC=N2.CC(C)(C)c1cccs1.CC(C)(C)c1ccsc1. The van der Waals surface area contributed by atoms with Crippen LogP contribution >= 0.6 is 22.7 Å². The maximum absolute atomic E-state index is 4.30. The van der Waals surface area contributed by atoms with E-state index in [0.29, 0.717) is 10.8 Å². The van der Waals surface area contributed by atoms with E-state index in [4.69, 9.17) is 0 Å². The Morgan fingerprint density at radius 1 is 0.700 bits per heavy atom. The molecule has 5 rings (SSSR count). The maximum Gasteiger partial charge on any atom is 0.0837 e. The molecule has 0 unspecified atom stereocenters. The van der Waals surface area contributed by atoms with Crippen molar-refractivity contribution in [2.45, 2.75) is 106 Å². The van der Waals surface area contributed by atoms with Crippen LogP contribution in [0.3, 0.4) is 0 Å². The van der Waals surface area contributed by atoms with Gasteiger partial charge in [-0.05, 0) is 78.3 Å². The van der Waals surface area contributed by atoms with E-state index in [2.05, 4.69) is 151 Å². The summed E-state index contributed by atoms with van der Waals surface area (Å²) in [5.74, 6) is 0. The fourth-order valence-electron chi connectivity index (χ4n) is 3.68. The highest BCUT2D eigenvalue weighted by molar-refractivity contribution is 7.10. The average molecular weight is 578 g/mol. The monoisotopic (exact) mass is 577 g/mol. The summed E-state index contributed by atoms with van der Waals surface area (Å²) in [7, 11) is 0. The third kappa shape index (κ3) is 11.2. The van der Waals surface area contributed by atoms with Crippen molar-refractivity contribution in [1.29, 1.82) is 0 Å². The van der Waals surface area contributed by atoms with Gasteiger partial charge in [-0.3, -0.25) is 4.99 Å². The van der Waals surface area contributed by atoms with Crippen LogP contribution < -0.4 is 0 Å².